The van der Waals surface area contributed by atoms with Crippen LogP contribution in [-0.2, 0) is 7.05 Å². The second-order valence-corrected chi connectivity index (χ2v) is 8.12. The van der Waals surface area contributed by atoms with Crippen molar-refractivity contribution >= 4 is 5.91 Å². The van der Waals surface area contributed by atoms with Gasteiger partial charge >= 0.3 is 0 Å². The van der Waals surface area contributed by atoms with Crippen molar-refractivity contribution in [3.8, 4) is 0 Å². The van der Waals surface area contributed by atoms with Gasteiger partial charge in [0.05, 0.1) is 0 Å². The molecule has 0 unspecified atom stereocenters. The summed E-state index contributed by atoms with van der Waals surface area (Å²) >= 11 is 0. The zero-order valence-corrected chi connectivity index (χ0v) is 16.7. The van der Waals surface area contributed by atoms with E-state index in [0.29, 0.717) is 13.1 Å². The summed E-state index contributed by atoms with van der Waals surface area (Å²) in [5.41, 5.74) is 0.798. The van der Waals surface area contributed by atoms with Crippen LogP contribution in [0.25, 0.3) is 0 Å². The van der Waals surface area contributed by atoms with Gasteiger partial charge in [-0.1, -0.05) is 0 Å². The Balaban J connectivity index is 1.69. The number of likely N-dealkylation sites (tertiary alicyclic amines) is 1. The average molecular weight is 377 g/mol. The molecule has 0 radical (unpaired) electrons. The minimum Gasteiger partial charge on any atom is -0.396 e. The van der Waals surface area contributed by atoms with E-state index in [1.807, 2.05) is 6.92 Å². The summed E-state index contributed by atoms with van der Waals surface area (Å²) in [5.74, 6) is 0.105. The van der Waals surface area contributed by atoms with Crippen LogP contribution in [0.3, 0.4) is 0 Å². The first-order chi connectivity index (χ1) is 12.9. The second kappa shape index (κ2) is 8.54. The van der Waals surface area contributed by atoms with E-state index in [9.17, 15) is 14.7 Å². The van der Waals surface area contributed by atoms with E-state index in [0.717, 1.165) is 44.8 Å². The number of hydrogen-bond donors (Lipinski definition) is 1. The Morgan fingerprint density at radius 2 is 1.85 bits per heavy atom. The number of carbonyl (C=O) groups excluding carboxylic acids is 1. The molecule has 2 saturated heterocycles. The first kappa shape index (κ1) is 20.0. The summed E-state index contributed by atoms with van der Waals surface area (Å²) in [5, 5.41) is 9.84. The zero-order chi connectivity index (χ0) is 19.6. The minimum atomic E-state index is -0.250. The Labute approximate surface area is 161 Å². The number of aliphatic hydroxyl groups excluding tert-OH is 1. The van der Waals surface area contributed by atoms with Crippen molar-refractivity contribution in [3.05, 3.63) is 33.7 Å². The topological polar surface area (TPSA) is 69.0 Å². The number of pyridine rings is 1. The molecule has 1 aromatic rings. The molecule has 2 aliphatic heterocycles. The van der Waals surface area contributed by atoms with Gasteiger partial charge in [0.1, 0.15) is 5.56 Å². The maximum Gasteiger partial charge on any atom is 0.263 e. The van der Waals surface area contributed by atoms with E-state index >= 15 is 0 Å². The van der Waals surface area contributed by atoms with Gasteiger partial charge in [0.2, 0.25) is 0 Å². The molecule has 2 fully saturated rings. The molecule has 7 nitrogen and oxygen atoms in total. The lowest BCUT2D eigenvalue weighted by Crippen LogP contribution is -2.37. The maximum absolute atomic E-state index is 12.9. The molecule has 3 rings (SSSR count). The lowest BCUT2D eigenvalue weighted by Gasteiger charge is -2.26. The van der Waals surface area contributed by atoms with Crippen LogP contribution in [0.1, 0.15) is 22.5 Å². The highest BCUT2D eigenvalue weighted by molar-refractivity contribution is 5.94. The van der Waals surface area contributed by atoms with Crippen molar-refractivity contribution in [2.45, 2.75) is 13.3 Å². The van der Waals surface area contributed by atoms with Crippen molar-refractivity contribution in [1.82, 2.24) is 19.3 Å². The van der Waals surface area contributed by atoms with Crippen molar-refractivity contribution < 1.29 is 9.90 Å². The number of aromatic nitrogens is 1. The number of hydrogen-bond acceptors (Lipinski definition) is 5. The molecule has 150 valence electrons. The van der Waals surface area contributed by atoms with Crippen LogP contribution in [0.15, 0.2) is 16.9 Å². The van der Waals surface area contributed by atoms with Crippen LogP contribution in [0.2, 0.25) is 0 Å². The normalized spacial score (nSPS) is 25.0. The molecule has 1 N–H and O–H groups in total. The Morgan fingerprint density at radius 3 is 2.59 bits per heavy atom. The molecule has 0 aromatic carbocycles. The van der Waals surface area contributed by atoms with E-state index in [2.05, 4.69) is 16.8 Å². The van der Waals surface area contributed by atoms with E-state index in [1.165, 1.54) is 4.57 Å². The zero-order valence-electron chi connectivity index (χ0n) is 16.7. The van der Waals surface area contributed by atoms with Crippen LogP contribution in [0.4, 0.5) is 0 Å². The monoisotopic (exact) mass is 376 g/mol. The summed E-state index contributed by atoms with van der Waals surface area (Å²) < 4.78 is 1.51. The molecule has 27 heavy (non-hydrogen) atoms. The highest BCUT2D eigenvalue weighted by atomic mass is 16.3. The Kier molecular flexibility index (Phi) is 6.34. The smallest absolute Gasteiger partial charge is 0.263 e. The Morgan fingerprint density at radius 1 is 1.11 bits per heavy atom. The summed E-state index contributed by atoms with van der Waals surface area (Å²) in [7, 11) is 3.84. The lowest BCUT2D eigenvalue weighted by atomic mass is 9.96. The quantitative estimate of drug-likeness (QED) is 0.802. The van der Waals surface area contributed by atoms with Gasteiger partial charge in [-0.15, -0.1) is 0 Å². The first-order valence-corrected chi connectivity index (χ1v) is 9.88. The van der Waals surface area contributed by atoms with Gasteiger partial charge in [-0.05, 0) is 51.5 Å². The van der Waals surface area contributed by atoms with E-state index in [4.69, 9.17) is 0 Å². The third-order valence-corrected chi connectivity index (χ3v) is 6.19. The van der Waals surface area contributed by atoms with E-state index < -0.39 is 0 Å². The van der Waals surface area contributed by atoms with Gasteiger partial charge in [-0.2, -0.15) is 0 Å². The van der Waals surface area contributed by atoms with Gasteiger partial charge in [0, 0.05) is 58.0 Å². The van der Waals surface area contributed by atoms with E-state index in [-0.39, 0.29) is 35.5 Å². The number of amides is 1. The molecule has 1 aromatic heterocycles. The number of nitrogens with zero attached hydrogens (tertiary/aromatic N) is 4. The van der Waals surface area contributed by atoms with Gasteiger partial charge in [-0.25, -0.2) is 0 Å². The van der Waals surface area contributed by atoms with Crippen LogP contribution in [0, 0.1) is 18.8 Å². The largest absolute Gasteiger partial charge is 0.396 e. The predicted molar refractivity (Wildman–Crippen MR) is 105 cm³/mol. The summed E-state index contributed by atoms with van der Waals surface area (Å²) in [6, 6.07) is 3.44. The molecular weight excluding hydrogens is 344 g/mol. The first-order valence-electron chi connectivity index (χ1n) is 9.88. The fourth-order valence-electron chi connectivity index (χ4n) is 4.19. The fourth-order valence-corrected chi connectivity index (χ4v) is 4.19. The highest BCUT2D eigenvalue weighted by Crippen LogP contribution is 2.25. The van der Waals surface area contributed by atoms with E-state index in [1.54, 1.807) is 24.1 Å². The molecule has 7 heteroatoms. The minimum absolute atomic E-state index is 0.0734. The van der Waals surface area contributed by atoms with Gasteiger partial charge in [-0.3, -0.25) is 9.59 Å². The molecule has 0 saturated carbocycles. The van der Waals surface area contributed by atoms with Crippen LogP contribution < -0.4 is 5.56 Å². The van der Waals surface area contributed by atoms with Gasteiger partial charge < -0.3 is 24.4 Å². The molecule has 2 aliphatic rings. The summed E-state index contributed by atoms with van der Waals surface area (Å²) in [6.07, 6.45) is 1.15. The van der Waals surface area contributed by atoms with Crippen LogP contribution in [-0.4, -0.2) is 89.7 Å². The third kappa shape index (κ3) is 4.42. The Bertz CT molecular complexity index is 732. The Hall–Kier alpha value is -1.70. The van der Waals surface area contributed by atoms with Gasteiger partial charge in [0.15, 0.2) is 0 Å². The average Bonchev–Trinajstić information content (AvgIpc) is 2.95. The predicted octanol–water partition coefficient (Wildman–Crippen LogP) is 0.0117. The van der Waals surface area contributed by atoms with Crippen molar-refractivity contribution in [2.75, 3.05) is 59.5 Å². The van der Waals surface area contributed by atoms with Crippen LogP contribution in [0.5, 0.6) is 0 Å². The standard InChI is InChI=1S/C20H32N4O3/c1-15-5-6-18(19(26)22(15)3)20(27)24-12-16(17(13-24)14-25)11-23-8-4-7-21(2)9-10-23/h5-6,16-17,25H,4,7-14H2,1-3H3/t16-,17-/m1/s1. The van der Waals surface area contributed by atoms with Gasteiger partial charge in [0.25, 0.3) is 11.5 Å². The number of carbonyl (C=O) groups is 1. The number of rotatable bonds is 4. The van der Waals surface area contributed by atoms with Crippen molar-refractivity contribution in [3.63, 3.8) is 0 Å². The van der Waals surface area contributed by atoms with Crippen LogP contribution >= 0.6 is 0 Å². The highest BCUT2D eigenvalue weighted by Gasteiger charge is 2.36. The number of aliphatic hydroxyl groups is 1. The number of aryl methyl sites for hydroxylation is 1. The SMILES string of the molecule is Cc1ccc(C(=O)N2C[C@@H](CN3CCCN(C)CC3)[C@@H](CO)C2)c(=O)n1C. The molecule has 0 spiro atoms. The molecule has 0 bridgehead atoms. The van der Waals surface area contributed by atoms with Crippen molar-refractivity contribution in [2.24, 2.45) is 18.9 Å². The third-order valence-electron chi connectivity index (χ3n) is 6.19. The molecule has 0 aliphatic carbocycles. The molecular formula is C20H32N4O3. The maximum atomic E-state index is 12.9. The fraction of sp³-hybridized carbons (Fsp3) is 0.700. The molecule has 3 heterocycles. The summed E-state index contributed by atoms with van der Waals surface area (Å²) in [4.78, 5) is 32.0. The molecule has 2 atom stereocenters. The summed E-state index contributed by atoms with van der Waals surface area (Å²) in [6.45, 7) is 8.20. The lowest BCUT2D eigenvalue weighted by molar-refractivity contribution is 0.0776. The molecule has 1 amide bonds. The number of likely N-dealkylation sites (N-methyl/N-ethyl adjacent to an activating group) is 1. The second-order valence-electron chi connectivity index (χ2n) is 8.12. The van der Waals surface area contributed by atoms with Crippen molar-refractivity contribution in [1.29, 1.82) is 0 Å².